The third kappa shape index (κ3) is 4.39. The highest BCUT2D eigenvalue weighted by Crippen LogP contribution is 2.35. The van der Waals surface area contributed by atoms with Gasteiger partial charge in [-0.3, -0.25) is 9.59 Å². The molecule has 31 heavy (non-hydrogen) atoms. The van der Waals surface area contributed by atoms with Gasteiger partial charge in [-0.25, -0.2) is 10.1 Å². The van der Waals surface area contributed by atoms with E-state index in [1.165, 1.54) is 5.56 Å². The number of aromatic nitrogens is 3. The normalized spacial score (nSPS) is 22.0. The molecule has 4 heterocycles. The number of aromatic amines is 1. The molecule has 1 saturated carbocycles. The summed E-state index contributed by atoms with van der Waals surface area (Å²) in [4.78, 5) is 32.5. The van der Waals surface area contributed by atoms with Crippen molar-refractivity contribution in [3.8, 4) is 5.88 Å². The molecule has 2 aliphatic heterocycles. The summed E-state index contributed by atoms with van der Waals surface area (Å²) in [6.07, 6.45) is 8.24. The van der Waals surface area contributed by atoms with Gasteiger partial charge < -0.3 is 14.5 Å². The van der Waals surface area contributed by atoms with Gasteiger partial charge in [-0.2, -0.15) is 5.10 Å². The maximum Gasteiger partial charge on any atom is 0.285 e. The van der Waals surface area contributed by atoms with Gasteiger partial charge in [0.05, 0.1) is 18.4 Å². The highest BCUT2D eigenvalue weighted by atomic mass is 35.5. The predicted molar refractivity (Wildman–Crippen MR) is 117 cm³/mol. The second-order valence-corrected chi connectivity index (χ2v) is 9.05. The predicted octanol–water partition coefficient (Wildman–Crippen LogP) is 2.59. The van der Waals surface area contributed by atoms with Gasteiger partial charge >= 0.3 is 0 Å². The molecule has 1 amide bonds. The molecule has 1 atom stereocenters. The largest absolute Gasteiger partial charge is 0.472 e. The lowest BCUT2D eigenvalue weighted by molar-refractivity contribution is -0.133. The number of carbonyl (C=O) groups excluding carboxylic acids is 1. The van der Waals surface area contributed by atoms with Crippen LogP contribution in [0.1, 0.15) is 43.6 Å². The summed E-state index contributed by atoms with van der Waals surface area (Å²) in [6.45, 7) is 3.03. The summed E-state index contributed by atoms with van der Waals surface area (Å²) in [5, 5.41) is 6.35. The van der Waals surface area contributed by atoms with Gasteiger partial charge in [0.25, 0.3) is 5.56 Å². The summed E-state index contributed by atoms with van der Waals surface area (Å²) >= 11 is 6.14. The molecule has 3 aliphatic rings. The third-order valence-electron chi connectivity index (χ3n) is 6.51. The number of anilines is 1. The zero-order valence-corrected chi connectivity index (χ0v) is 18.1. The lowest BCUT2D eigenvalue weighted by atomic mass is 9.90. The number of pyridine rings is 1. The van der Waals surface area contributed by atoms with E-state index in [1.807, 2.05) is 15.9 Å². The number of nitrogens with one attached hydrogen (secondary N) is 1. The lowest BCUT2D eigenvalue weighted by Crippen LogP contribution is -2.38. The molecule has 2 aromatic rings. The van der Waals surface area contributed by atoms with E-state index in [0.717, 1.165) is 51.7 Å². The number of hydrogen-bond donors (Lipinski definition) is 1. The first-order chi connectivity index (χ1) is 15.1. The Hall–Kier alpha value is -2.61. The van der Waals surface area contributed by atoms with Crippen molar-refractivity contribution in [2.45, 2.75) is 44.1 Å². The number of nitrogens with zero attached hydrogens (tertiary/aromatic N) is 4. The Kier molecular flexibility index (Phi) is 5.56. The van der Waals surface area contributed by atoms with Gasteiger partial charge in [-0.1, -0.05) is 11.6 Å². The molecule has 9 heteroatoms. The fourth-order valence-electron chi connectivity index (χ4n) is 4.57. The van der Waals surface area contributed by atoms with Crippen molar-refractivity contribution in [1.82, 2.24) is 20.1 Å². The van der Waals surface area contributed by atoms with Crippen molar-refractivity contribution in [3.63, 3.8) is 0 Å². The number of piperidine rings is 1. The number of amides is 1. The Balaban J connectivity index is 1.19. The van der Waals surface area contributed by atoms with Crippen molar-refractivity contribution >= 4 is 23.2 Å². The van der Waals surface area contributed by atoms with Crippen LogP contribution >= 0.6 is 11.6 Å². The smallest absolute Gasteiger partial charge is 0.285 e. The van der Waals surface area contributed by atoms with Crippen LogP contribution in [0.15, 0.2) is 29.3 Å². The minimum atomic E-state index is -0.386. The average molecular weight is 444 g/mol. The molecule has 3 fully saturated rings. The maximum atomic E-state index is 12.3. The first kappa shape index (κ1) is 20.3. The van der Waals surface area contributed by atoms with E-state index < -0.39 is 0 Å². The number of halogens is 1. The molecule has 0 unspecified atom stereocenters. The minimum Gasteiger partial charge on any atom is -0.472 e. The first-order valence-corrected chi connectivity index (χ1v) is 11.4. The molecular formula is C22H26ClN5O3. The molecule has 0 spiro atoms. The van der Waals surface area contributed by atoms with E-state index in [9.17, 15) is 9.59 Å². The lowest BCUT2D eigenvalue weighted by Gasteiger charge is -2.32. The standard InChI is InChI=1S/C22H26ClN5O3/c23-20-18(12-25-26-21(20)29)28-10-6-17(13-28)31-19-11-16(3-7-24-19)14-4-8-27(9-5-14)22(30)15-1-2-15/h3,7,11-12,14-15,17H,1-2,4-6,8-10,13H2,(H,26,29)/t17-/m1/s1. The monoisotopic (exact) mass is 443 g/mol. The Morgan fingerprint density at radius 1 is 1.16 bits per heavy atom. The third-order valence-corrected chi connectivity index (χ3v) is 6.88. The highest BCUT2D eigenvalue weighted by molar-refractivity contribution is 6.33. The highest BCUT2D eigenvalue weighted by Gasteiger charge is 2.35. The van der Waals surface area contributed by atoms with Crippen LogP contribution < -0.4 is 15.2 Å². The van der Waals surface area contributed by atoms with Crippen molar-refractivity contribution in [3.05, 3.63) is 45.5 Å². The van der Waals surface area contributed by atoms with Crippen molar-refractivity contribution in [2.75, 3.05) is 31.1 Å². The maximum absolute atomic E-state index is 12.3. The zero-order valence-electron chi connectivity index (χ0n) is 17.3. The Morgan fingerprint density at radius 3 is 2.74 bits per heavy atom. The number of rotatable bonds is 5. The Morgan fingerprint density at radius 2 is 1.97 bits per heavy atom. The summed E-state index contributed by atoms with van der Waals surface area (Å²) in [5.74, 6) is 1.69. The zero-order chi connectivity index (χ0) is 21.4. The molecule has 5 rings (SSSR count). The molecule has 0 bridgehead atoms. The van der Waals surface area contributed by atoms with Gasteiger partial charge in [-0.05, 0) is 43.2 Å². The van der Waals surface area contributed by atoms with Crippen LogP contribution in [0.2, 0.25) is 5.02 Å². The summed E-state index contributed by atoms with van der Waals surface area (Å²) in [7, 11) is 0. The summed E-state index contributed by atoms with van der Waals surface area (Å²) in [6, 6.07) is 4.09. The van der Waals surface area contributed by atoms with E-state index in [0.29, 0.717) is 35.9 Å². The van der Waals surface area contributed by atoms with Crippen LogP contribution in [0.4, 0.5) is 5.69 Å². The molecule has 164 valence electrons. The van der Waals surface area contributed by atoms with Gasteiger partial charge in [0.2, 0.25) is 11.8 Å². The Bertz CT molecular complexity index is 1020. The quantitative estimate of drug-likeness (QED) is 0.763. The summed E-state index contributed by atoms with van der Waals surface area (Å²) in [5.41, 5.74) is 1.47. The fourth-order valence-corrected chi connectivity index (χ4v) is 4.78. The molecule has 0 radical (unpaired) electrons. The number of H-pyrrole nitrogens is 1. The van der Waals surface area contributed by atoms with Gasteiger partial charge in [0.15, 0.2) is 0 Å². The molecule has 1 aliphatic carbocycles. The van der Waals surface area contributed by atoms with E-state index in [1.54, 1.807) is 12.4 Å². The van der Waals surface area contributed by atoms with Gasteiger partial charge in [0.1, 0.15) is 11.1 Å². The van der Waals surface area contributed by atoms with Crippen LogP contribution in [0.5, 0.6) is 5.88 Å². The van der Waals surface area contributed by atoms with E-state index >= 15 is 0 Å². The van der Waals surface area contributed by atoms with Crippen LogP contribution in [0, 0.1) is 5.92 Å². The van der Waals surface area contributed by atoms with E-state index in [-0.39, 0.29) is 16.7 Å². The number of carbonyl (C=O) groups is 1. The first-order valence-electron chi connectivity index (χ1n) is 11.0. The molecular weight excluding hydrogens is 418 g/mol. The van der Waals surface area contributed by atoms with Crippen molar-refractivity contribution < 1.29 is 9.53 Å². The second kappa shape index (κ2) is 8.49. The molecule has 2 saturated heterocycles. The van der Waals surface area contributed by atoms with Gasteiger partial charge in [-0.15, -0.1) is 0 Å². The minimum absolute atomic E-state index is 0.0314. The molecule has 2 aromatic heterocycles. The fraction of sp³-hybridized carbons (Fsp3) is 0.545. The van der Waals surface area contributed by atoms with E-state index in [4.69, 9.17) is 16.3 Å². The van der Waals surface area contributed by atoms with Crippen LogP contribution in [-0.2, 0) is 4.79 Å². The average Bonchev–Trinajstić information content (AvgIpc) is 3.55. The second-order valence-electron chi connectivity index (χ2n) is 8.67. The Labute approximate surface area is 185 Å². The molecule has 1 N–H and O–H groups in total. The topological polar surface area (TPSA) is 91.4 Å². The SMILES string of the molecule is O=C(C1CC1)N1CCC(c2ccnc(O[C@@H]3CCN(c4cn[nH]c(=O)c4Cl)C3)c2)CC1. The molecule has 0 aromatic carbocycles. The molecule has 8 nitrogen and oxygen atoms in total. The van der Waals surface area contributed by atoms with Crippen molar-refractivity contribution in [1.29, 1.82) is 0 Å². The van der Waals surface area contributed by atoms with Crippen LogP contribution in [0.3, 0.4) is 0 Å². The van der Waals surface area contributed by atoms with Crippen LogP contribution in [0.25, 0.3) is 0 Å². The number of likely N-dealkylation sites (tertiary alicyclic amines) is 1. The van der Waals surface area contributed by atoms with Crippen LogP contribution in [-0.4, -0.2) is 58.3 Å². The van der Waals surface area contributed by atoms with E-state index in [2.05, 4.69) is 21.2 Å². The van der Waals surface area contributed by atoms with Crippen molar-refractivity contribution in [2.24, 2.45) is 5.92 Å². The van der Waals surface area contributed by atoms with Gasteiger partial charge in [0, 0.05) is 44.2 Å². The number of hydrogen-bond acceptors (Lipinski definition) is 6. The number of ether oxygens (including phenoxy) is 1. The summed E-state index contributed by atoms with van der Waals surface area (Å²) < 4.78 is 6.16.